The largest absolute Gasteiger partial charge is 0.310 e. The number of benzene rings is 12. The van der Waals surface area contributed by atoms with Gasteiger partial charge in [0.2, 0.25) is 0 Å². The summed E-state index contributed by atoms with van der Waals surface area (Å²) >= 11 is 0. The Hall–Kier alpha value is -9.76. The summed E-state index contributed by atoms with van der Waals surface area (Å²) in [5.41, 5.74) is 23.4. The van der Waals surface area contributed by atoms with Crippen LogP contribution in [0.1, 0.15) is 22.3 Å². The van der Waals surface area contributed by atoms with Crippen molar-refractivity contribution in [3.05, 3.63) is 326 Å². The van der Waals surface area contributed by atoms with Crippen molar-refractivity contribution in [2.24, 2.45) is 0 Å². The number of aromatic nitrogens is 1. The number of fused-ring (bicyclic) bond motifs is 6. The summed E-state index contributed by atoms with van der Waals surface area (Å²) < 4.78 is 2.42. The molecule has 14 rings (SSSR count). The lowest BCUT2D eigenvalue weighted by molar-refractivity contribution is 0.768. The van der Waals surface area contributed by atoms with Gasteiger partial charge in [-0.05, 0) is 127 Å². The molecule has 0 spiro atoms. The summed E-state index contributed by atoms with van der Waals surface area (Å²) in [4.78, 5) is 2.42. The fraction of sp³-hybridized carbons (Fsp3) is 0.0137. The second-order valence-corrected chi connectivity index (χ2v) is 19.6. The van der Waals surface area contributed by atoms with Gasteiger partial charge in [0.05, 0.1) is 22.1 Å². The Balaban J connectivity index is 0.859. The third kappa shape index (κ3) is 7.41. The van der Waals surface area contributed by atoms with E-state index < -0.39 is 5.41 Å². The second kappa shape index (κ2) is 18.4. The van der Waals surface area contributed by atoms with E-state index in [9.17, 15) is 0 Å². The molecular formula is C73H50N2. The molecule has 0 saturated carbocycles. The molecule has 0 saturated heterocycles. The lowest BCUT2D eigenvalue weighted by atomic mass is 9.67. The Kier molecular flexibility index (Phi) is 10.8. The first-order chi connectivity index (χ1) is 37.2. The zero-order valence-corrected chi connectivity index (χ0v) is 41.3. The summed E-state index contributed by atoms with van der Waals surface area (Å²) in [6.45, 7) is 0. The Morgan fingerprint density at radius 3 is 1.16 bits per heavy atom. The summed E-state index contributed by atoms with van der Waals surface area (Å²) in [6.07, 6.45) is 0. The molecule has 2 heteroatoms. The van der Waals surface area contributed by atoms with Gasteiger partial charge in [-0.15, -0.1) is 0 Å². The highest BCUT2D eigenvalue weighted by molar-refractivity contribution is 6.09. The van der Waals surface area contributed by atoms with Crippen LogP contribution in [-0.2, 0) is 5.41 Å². The van der Waals surface area contributed by atoms with Crippen molar-refractivity contribution in [2.75, 3.05) is 4.90 Å². The number of hydrogen-bond donors (Lipinski definition) is 0. The molecule has 0 fully saturated rings. The monoisotopic (exact) mass is 954 g/mol. The molecule has 0 aliphatic heterocycles. The standard InChI is InChI=1S/C73H50N2/c1-4-18-51(19-5-1)52-32-34-53(35-33-52)55-40-44-60(45-41-55)74(62-48-49-65-64-25-10-14-28-68(64)73(69(65)50-62,58-20-6-2-7-21-58)59-22-8-3-9-23-59)61-46-42-56(43-47-61)54-36-38-57(39-37-54)63-24-11-15-29-70(63)75-71-30-16-12-26-66(71)67-27-13-17-31-72(67)75/h1-50H. The van der Waals surface area contributed by atoms with Crippen LogP contribution in [0.15, 0.2) is 303 Å². The van der Waals surface area contributed by atoms with E-state index in [1.807, 2.05) is 0 Å². The Morgan fingerprint density at radius 2 is 0.627 bits per heavy atom. The highest BCUT2D eigenvalue weighted by atomic mass is 15.1. The van der Waals surface area contributed by atoms with Crippen molar-refractivity contribution in [3.63, 3.8) is 0 Å². The number of hydrogen-bond acceptors (Lipinski definition) is 1. The predicted molar refractivity (Wildman–Crippen MR) is 315 cm³/mol. The number of rotatable bonds is 10. The maximum Gasteiger partial charge on any atom is 0.0714 e. The third-order valence-corrected chi connectivity index (χ3v) is 15.5. The molecule has 352 valence electrons. The minimum absolute atomic E-state index is 0.522. The van der Waals surface area contributed by atoms with Crippen LogP contribution < -0.4 is 4.90 Å². The zero-order valence-electron chi connectivity index (χ0n) is 41.3. The molecule has 2 nitrogen and oxygen atoms in total. The Labute approximate surface area is 438 Å². The smallest absolute Gasteiger partial charge is 0.0714 e. The van der Waals surface area contributed by atoms with Crippen molar-refractivity contribution in [1.82, 2.24) is 4.57 Å². The predicted octanol–water partition coefficient (Wildman–Crippen LogP) is 19.3. The summed E-state index contributed by atoms with van der Waals surface area (Å²) in [5.74, 6) is 0. The van der Waals surface area contributed by atoms with Gasteiger partial charge < -0.3 is 9.47 Å². The van der Waals surface area contributed by atoms with Gasteiger partial charge in [0.1, 0.15) is 0 Å². The van der Waals surface area contributed by atoms with Gasteiger partial charge in [0.15, 0.2) is 0 Å². The van der Waals surface area contributed by atoms with Crippen molar-refractivity contribution in [2.45, 2.75) is 5.41 Å². The Bertz CT molecular complexity index is 4080. The number of para-hydroxylation sites is 3. The van der Waals surface area contributed by atoms with Gasteiger partial charge in [-0.3, -0.25) is 0 Å². The minimum atomic E-state index is -0.522. The van der Waals surface area contributed by atoms with Crippen LogP contribution in [0.3, 0.4) is 0 Å². The van der Waals surface area contributed by atoms with Gasteiger partial charge in [-0.25, -0.2) is 0 Å². The first kappa shape index (κ1) is 44.0. The van der Waals surface area contributed by atoms with E-state index in [-0.39, 0.29) is 0 Å². The first-order valence-corrected chi connectivity index (χ1v) is 25.9. The highest BCUT2D eigenvalue weighted by Crippen LogP contribution is 2.57. The van der Waals surface area contributed by atoms with Crippen LogP contribution in [-0.4, -0.2) is 4.57 Å². The molecule has 12 aromatic carbocycles. The molecule has 1 aliphatic carbocycles. The highest BCUT2D eigenvalue weighted by Gasteiger charge is 2.46. The maximum atomic E-state index is 2.45. The molecule has 13 aromatic rings. The quantitative estimate of drug-likeness (QED) is 0.133. The van der Waals surface area contributed by atoms with Gasteiger partial charge in [-0.2, -0.15) is 0 Å². The van der Waals surface area contributed by atoms with Crippen LogP contribution in [0.4, 0.5) is 17.1 Å². The van der Waals surface area contributed by atoms with Crippen LogP contribution >= 0.6 is 0 Å². The van der Waals surface area contributed by atoms with Gasteiger partial charge in [-0.1, -0.05) is 249 Å². The molecule has 1 aliphatic rings. The Morgan fingerprint density at radius 1 is 0.253 bits per heavy atom. The van der Waals surface area contributed by atoms with Gasteiger partial charge in [0.25, 0.3) is 0 Å². The van der Waals surface area contributed by atoms with E-state index in [4.69, 9.17) is 0 Å². The molecular weight excluding hydrogens is 905 g/mol. The minimum Gasteiger partial charge on any atom is -0.310 e. The topological polar surface area (TPSA) is 8.17 Å². The van der Waals surface area contributed by atoms with Gasteiger partial charge >= 0.3 is 0 Å². The number of nitrogens with zero attached hydrogens (tertiary/aromatic N) is 2. The molecule has 0 amide bonds. The normalized spacial score (nSPS) is 12.4. The maximum absolute atomic E-state index is 2.45. The lowest BCUT2D eigenvalue weighted by Crippen LogP contribution is -2.28. The van der Waals surface area contributed by atoms with E-state index in [0.717, 1.165) is 22.6 Å². The molecule has 0 unspecified atom stereocenters. The van der Waals surface area contributed by atoms with Gasteiger partial charge in [0, 0.05) is 33.4 Å². The van der Waals surface area contributed by atoms with Crippen molar-refractivity contribution in [1.29, 1.82) is 0 Å². The van der Waals surface area contributed by atoms with E-state index in [0.29, 0.717) is 0 Å². The molecule has 75 heavy (non-hydrogen) atoms. The van der Waals surface area contributed by atoms with E-state index in [1.54, 1.807) is 0 Å². The molecule has 1 aromatic heterocycles. The molecule has 0 atom stereocenters. The van der Waals surface area contributed by atoms with E-state index in [1.165, 1.54) is 99.8 Å². The molecule has 0 radical (unpaired) electrons. The van der Waals surface area contributed by atoms with E-state index >= 15 is 0 Å². The van der Waals surface area contributed by atoms with Crippen molar-refractivity contribution in [3.8, 4) is 61.3 Å². The van der Waals surface area contributed by atoms with Crippen LogP contribution in [0, 0.1) is 0 Å². The zero-order chi connectivity index (χ0) is 49.7. The molecule has 0 bridgehead atoms. The first-order valence-electron chi connectivity index (χ1n) is 25.9. The van der Waals surface area contributed by atoms with Crippen LogP contribution in [0.5, 0.6) is 0 Å². The lowest BCUT2D eigenvalue weighted by Gasteiger charge is -2.35. The summed E-state index contributed by atoms with van der Waals surface area (Å²) in [6, 6.07) is 111. The fourth-order valence-corrected chi connectivity index (χ4v) is 12.0. The fourth-order valence-electron chi connectivity index (χ4n) is 12.0. The average Bonchev–Trinajstić information content (AvgIpc) is 4.01. The summed E-state index contributed by atoms with van der Waals surface area (Å²) in [7, 11) is 0. The molecule has 1 heterocycles. The van der Waals surface area contributed by atoms with E-state index in [2.05, 4.69) is 313 Å². The number of anilines is 3. The summed E-state index contributed by atoms with van der Waals surface area (Å²) in [5, 5.41) is 2.52. The third-order valence-electron chi connectivity index (χ3n) is 15.5. The van der Waals surface area contributed by atoms with Crippen LogP contribution in [0.25, 0.3) is 83.1 Å². The average molecular weight is 955 g/mol. The SMILES string of the molecule is c1ccc(-c2ccc(-c3ccc(N(c4ccc(-c5ccc(-c6ccccc6-n6c7ccccc7c7ccccc76)cc5)cc4)c4ccc5c(c4)C(c4ccccc4)(c4ccccc4)c4ccccc4-5)cc3)cc2)cc1. The van der Waals surface area contributed by atoms with Crippen molar-refractivity contribution < 1.29 is 0 Å². The van der Waals surface area contributed by atoms with Crippen LogP contribution in [0.2, 0.25) is 0 Å². The molecule has 0 N–H and O–H groups in total. The van der Waals surface area contributed by atoms with Crippen molar-refractivity contribution >= 4 is 38.9 Å². The second-order valence-electron chi connectivity index (χ2n) is 19.6.